The molecule has 0 fully saturated rings. The molecule has 0 aliphatic rings. The predicted octanol–water partition coefficient (Wildman–Crippen LogP) is 4.16. The first kappa shape index (κ1) is 18.3. The maximum atomic E-state index is 13.5. The largest absolute Gasteiger partial charge is 0.483 e. The van der Waals surface area contributed by atoms with Crippen molar-refractivity contribution in [2.45, 2.75) is 0 Å². The van der Waals surface area contributed by atoms with Crippen molar-refractivity contribution in [3.8, 4) is 16.9 Å². The average Bonchev–Trinajstić information content (AvgIpc) is 2.69. The van der Waals surface area contributed by atoms with Crippen LogP contribution in [0.2, 0.25) is 0 Å². The quantitative estimate of drug-likeness (QED) is 0.526. The molecule has 0 heterocycles. The normalized spacial score (nSPS) is 10.7. The van der Waals surface area contributed by atoms with E-state index in [4.69, 9.17) is 4.74 Å². The zero-order valence-corrected chi connectivity index (χ0v) is 14.2. The highest BCUT2D eigenvalue weighted by molar-refractivity contribution is 5.83. The maximum absolute atomic E-state index is 13.5. The molecule has 0 aliphatic heterocycles. The Morgan fingerprint density at radius 3 is 2.52 bits per heavy atom. The standard InChI is InChI=1S/C21H16F2N2O2/c22-17-11-10-16(19(23)12-17)13-24-25-21(26)14-27-20-9-5-4-8-18(20)15-6-2-1-3-7-15/h1-13H,14H2,(H,25,26)/b24-13+. The summed E-state index contributed by atoms with van der Waals surface area (Å²) in [7, 11) is 0. The number of carbonyl (C=O) groups is 1. The first-order valence-corrected chi connectivity index (χ1v) is 8.17. The van der Waals surface area contributed by atoms with E-state index >= 15 is 0 Å². The lowest BCUT2D eigenvalue weighted by Gasteiger charge is -2.10. The molecule has 1 amide bonds. The Bertz CT molecular complexity index is 959. The minimum absolute atomic E-state index is 0.0621. The van der Waals surface area contributed by atoms with Crippen molar-refractivity contribution in [2.75, 3.05) is 6.61 Å². The monoisotopic (exact) mass is 366 g/mol. The van der Waals surface area contributed by atoms with Crippen molar-refractivity contribution < 1.29 is 18.3 Å². The number of hydrogen-bond donors (Lipinski definition) is 1. The molecular formula is C21H16F2N2O2. The Hall–Kier alpha value is -3.54. The first-order valence-electron chi connectivity index (χ1n) is 8.17. The highest BCUT2D eigenvalue weighted by atomic mass is 19.1. The van der Waals surface area contributed by atoms with Gasteiger partial charge in [-0.15, -0.1) is 0 Å². The van der Waals surface area contributed by atoms with E-state index in [2.05, 4.69) is 10.5 Å². The predicted molar refractivity (Wildman–Crippen MR) is 99.5 cm³/mol. The topological polar surface area (TPSA) is 50.7 Å². The molecule has 0 atom stereocenters. The number of carbonyl (C=O) groups excluding carboxylic acids is 1. The van der Waals surface area contributed by atoms with E-state index in [0.717, 1.165) is 29.5 Å². The van der Waals surface area contributed by atoms with Crippen molar-refractivity contribution in [3.05, 3.63) is 90.0 Å². The van der Waals surface area contributed by atoms with Gasteiger partial charge in [-0.25, -0.2) is 14.2 Å². The molecule has 3 aromatic rings. The van der Waals surface area contributed by atoms with E-state index in [1.54, 1.807) is 6.07 Å². The maximum Gasteiger partial charge on any atom is 0.277 e. The molecule has 0 aromatic heterocycles. The summed E-state index contributed by atoms with van der Waals surface area (Å²) in [6.45, 7) is -0.257. The number of halogens is 2. The summed E-state index contributed by atoms with van der Waals surface area (Å²) in [6.07, 6.45) is 1.10. The van der Waals surface area contributed by atoms with E-state index in [9.17, 15) is 13.6 Å². The minimum Gasteiger partial charge on any atom is -0.483 e. The molecule has 136 valence electrons. The van der Waals surface area contributed by atoms with Crippen molar-refractivity contribution in [1.29, 1.82) is 0 Å². The van der Waals surface area contributed by atoms with Crippen LogP contribution in [0.5, 0.6) is 5.75 Å². The van der Waals surface area contributed by atoms with Crippen LogP contribution in [-0.4, -0.2) is 18.7 Å². The molecule has 3 aromatic carbocycles. The minimum atomic E-state index is -0.763. The number of amides is 1. The molecule has 27 heavy (non-hydrogen) atoms. The van der Waals surface area contributed by atoms with Gasteiger partial charge in [-0.1, -0.05) is 48.5 Å². The Balaban J connectivity index is 1.59. The molecule has 0 unspecified atom stereocenters. The second kappa shape index (κ2) is 8.71. The first-order chi connectivity index (χ1) is 13.1. The molecule has 1 N–H and O–H groups in total. The summed E-state index contributed by atoms with van der Waals surface area (Å²) in [5.41, 5.74) is 4.14. The molecule has 3 rings (SSSR count). The summed E-state index contributed by atoms with van der Waals surface area (Å²) < 4.78 is 31.9. The van der Waals surface area contributed by atoms with E-state index in [1.165, 1.54) is 6.07 Å². The zero-order chi connectivity index (χ0) is 19.1. The van der Waals surface area contributed by atoms with Crippen molar-refractivity contribution in [2.24, 2.45) is 5.10 Å². The van der Waals surface area contributed by atoms with E-state index in [-0.39, 0.29) is 12.2 Å². The van der Waals surface area contributed by atoms with Gasteiger partial charge in [0.05, 0.1) is 6.21 Å². The summed E-state index contributed by atoms with van der Waals surface area (Å²) in [4.78, 5) is 11.9. The van der Waals surface area contributed by atoms with Crippen LogP contribution in [0.4, 0.5) is 8.78 Å². The molecule has 0 saturated carbocycles. The lowest BCUT2D eigenvalue weighted by molar-refractivity contribution is -0.123. The number of hydrazone groups is 1. The van der Waals surface area contributed by atoms with Crippen LogP contribution in [0.3, 0.4) is 0 Å². The third kappa shape index (κ3) is 4.98. The van der Waals surface area contributed by atoms with E-state index in [1.807, 2.05) is 48.5 Å². The van der Waals surface area contributed by atoms with Gasteiger partial charge in [0.1, 0.15) is 17.4 Å². The summed E-state index contributed by atoms with van der Waals surface area (Å²) >= 11 is 0. The SMILES string of the molecule is O=C(COc1ccccc1-c1ccccc1)N/N=C/c1ccc(F)cc1F. The molecule has 6 heteroatoms. The summed E-state index contributed by atoms with van der Waals surface area (Å²) in [5, 5.41) is 3.66. The lowest BCUT2D eigenvalue weighted by Crippen LogP contribution is -2.24. The molecule has 0 radical (unpaired) electrons. The molecule has 0 saturated heterocycles. The second-order valence-electron chi connectivity index (χ2n) is 5.61. The Morgan fingerprint density at radius 2 is 1.74 bits per heavy atom. The van der Waals surface area contributed by atoms with Crippen LogP contribution in [-0.2, 0) is 4.79 Å². The van der Waals surface area contributed by atoms with Gasteiger partial charge in [0.15, 0.2) is 6.61 Å². The molecule has 0 bridgehead atoms. The van der Waals surface area contributed by atoms with Crippen LogP contribution in [0.1, 0.15) is 5.56 Å². The second-order valence-corrected chi connectivity index (χ2v) is 5.61. The van der Waals surface area contributed by atoms with Crippen LogP contribution >= 0.6 is 0 Å². The van der Waals surface area contributed by atoms with Gasteiger partial charge in [0.25, 0.3) is 5.91 Å². The van der Waals surface area contributed by atoms with Gasteiger partial charge >= 0.3 is 0 Å². The number of rotatable bonds is 6. The van der Waals surface area contributed by atoms with Crippen LogP contribution in [0.15, 0.2) is 77.9 Å². The van der Waals surface area contributed by atoms with Gasteiger partial charge in [0.2, 0.25) is 0 Å². The fourth-order valence-corrected chi connectivity index (χ4v) is 2.40. The number of benzene rings is 3. The Kier molecular flexibility index (Phi) is 5.89. The Morgan fingerprint density at radius 1 is 1.00 bits per heavy atom. The zero-order valence-electron chi connectivity index (χ0n) is 14.2. The number of ether oxygens (including phenoxy) is 1. The van der Waals surface area contributed by atoms with Gasteiger partial charge in [0, 0.05) is 17.2 Å². The fourth-order valence-electron chi connectivity index (χ4n) is 2.40. The number of hydrogen-bond acceptors (Lipinski definition) is 3. The lowest BCUT2D eigenvalue weighted by atomic mass is 10.1. The fraction of sp³-hybridized carbons (Fsp3) is 0.0476. The van der Waals surface area contributed by atoms with Crippen LogP contribution in [0, 0.1) is 11.6 Å². The van der Waals surface area contributed by atoms with Crippen LogP contribution in [0.25, 0.3) is 11.1 Å². The highest BCUT2D eigenvalue weighted by Crippen LogP contribution is 2.29. The number of nitrogens with zero attached hydrogens (tertiary/aromatic N) is 1. The smallest absolute Gasteiger partial charge is 0.277 e. The molecule has 0 aliphatic carbocycles. The van der Waals surface area contributed by atoms with Gasteiger partial charge in [-0.05, 0) is 23.8 Å². The molecular weight excluding hydrogens is 350 g/mol. The summed E-state index contributed by atoms with van der Waals surface area (Å²) in [6, 6.07) is 20.1. The van der Waals surface area contributed by atoms with Crippen molar-refractivity contribution in [3.63, 3.8) is 0 Å². The molecule has 0 spiro atoms. The van der Waals surface area contributed by atoms with Gasteiger partial charge in [-0.3, -0.25) is 4.79 Å². The van der Waals surface area contributed by atoms with Gasteiger partial charge in [-0.2, -0.15) is 5.10 Å². The third-order valence-electron chi connectivity index (χ3n) is 3.69. The summed E-state index contributed by atoms with van der Waals surface area (Å²) in [5.74, 6) is -1.38. The molecule has 4 nitrogen and oxygen atoms in total. The van der Waals surface area contributed by atoms with Crippen molar-refractivity contribution in [1.82, 2.24) is 5.43 Å². The Labute approximate surface area is 155 Å². The average molecular weight is 366 g/mol. The third-order valence-corrected chi connectivity index (χ3v) is 3.69. The van der Waals surface area contributed by atoms with Crippen LogP contribution < -0.4 is 10.2 Å². The van der Waals surface area contributed by atoms with E-state index in [0.29, 0.717) is 5.75 Å². The van der Waals surface area contributed by atoms with Crippen molar-refractivity contribution >= 4 is 12.1 Å². The number of nitrogens with one attached hydrogen (secondary N) is 1. The number of para-hydroxylation sites is 1. The highest BCUT2D eigenvalue weighted by Gasteiger charge is 2.08. The van der Waals surface area contributed by atoms with E-state index < -0.39 is 17.5 Å². The van der Waals surface area contributed by atoms with Gasteiger partial charge < -0.3 is 4.74 Å².